The highest BCUT2D eigenvalue weighted by atomic mass is 35.5. The molecule has 76 valence electrons. The summed E-state index contributed by atoms with van der Waals surface area (Å²) in [6, 6.07) is 6.05. The quantitative estimate of drug-likeness (QED) is 0.703. The molecule has 4 N–H and O–H groups in total. The lowest BCUT2D eigenvalue weighted by molar-refractivity contribution is -0.137. The zero-order valence-corrected chi connectivity index (χ0v) is 8.16. The number of hydrogen-bond acceptors (Lipinski definition) is 3. The minimum atomic E-state index is -0.979. The van der Waals surface area contributed by atoms with Gasteiger partial charge in [-0.25, -0.2) is 4.79 Å². The molecule has 14 heavy (non-hydrogen) atoms. The molecule has 0 saturated carbocycles. The summed E-state index contributed by atoms with van der Waals surface area (Å²) in [5, 5.41) is 12.0. The average Bonchev–Trinajstić information content (AvgIpc) is 2.14. The van der Waals surface area contributed by atoms with Crippen LogP contribution in [0.15, 0.2) is 24.3 Å². The Balaban J connectivity index is 2.72. The van der Waals surface area contributed by atoms with Gasteiger partial charge in [0.05, 0.1) is 0 Å². The maximum atomic E-state index is 10.6. The van der Waals surface area contributed by atoms with E-state index in [-0.39, 0.29) is 6.54 Å². The van der Waals surface area contributed by atoms with Crippen LogP contribution in [0.4, 0.5) is 5.69 Å². The summed E-state index contributed by atoms with van der Waals surface area (Å²) in [4.78, 5) is 10.6. The summed E-state index contributed by atoms with van der Waals surface area (Å²) in [7, 11) is 0. The van der Waals surface area contributed by atoms with Crippen molar-refractivity contribution in [2.45, 2.75) is 6.04 Å². The van der Waals surface area contributed by atoms with Gasteiger partial charge in [0.2, 0.25) is 0 Å². The first kappa shape index (κ1) is 10.8. The van der Waals surface area contributed by atoms with Crippen molar-refractivity contribution in [2.24, 2.45) is 5.73 Å². The van der Waals surface area contributed by atoms with Gasteiger partial charge in [-0.05, 0) is 18.2 Å². The highest BCUT2D eigenvalue weighted by Crippen LogP contribution is 2.15. The summed E-state index contributed by atoms with van der Waals surface area (Å²) >= 11 is 5.73. The predicted molar refractivity (Wildman–Crippen MR) is 55.6 cm³/mol. The van der Waals surface area contributed by atoms with E-state index in [9.17, 15) is 4.79 Å². The van der Waals surface area contributed by atoms with Gasteiger partial charge in [0.15, 0.2) is 0 Å². The molecule has 0 aliphatic carbocycles. The van der Waals surface area contributed by atoms with E-state index in [2.05, 4.69) is 5.32 Å². The molecule has 0 fully saturated rings. The first-order chi connectivity index (χ1) is 6.63. The van der Waals surface area contributed by atoms with Crippen molar-refractivity contribution < 1.29 is 9.90 Å². The molecule has 1 atom stereocenters. The third kappa shape index (κ3) is 2.90. The Hall–Kier alpha value is -1.26. The van der Waals surface area contributed by atoms with E-state index in [1.165, 1.54) is 0 Å². The Morgan fingerprint density at radius 3 is 2.86 bits per heavy atom. The van der Waals surface area contributed by atoms with Gasteiger partial charge in [-0.1, -0.05) is 17.7 Å². The minimum Gasteiger partial charge on any atom is -0.480 e. The number of halogens is 1. The summed E-state index contributed by atoms with van der Waals surface area (Å²) < 4.78 is 0. The summed E-state index contributed by atoms with van der Waals surface area (Å²) in [6.45, 7) is 0.0296. The second kappa shape index (κ2) is 4.83. The number of aliphatic carboxylic acids is 1. The van der Waals surface area contributed by atoms with Crippen molar-refractivity contribution in [2.75, 3.05) is 11.9 Å². The fourth-order valence-corrected chi connectivity index (χ4v) is 1.19. The van der Waals surface area contributed by atoms with E-state index in [1.54, 1.807) is 24.3 Å². The lowest BCUT2D eigenvalue weighted by Crippen LogP contribution is -2.36. The predicted octanol–water partition coefficient (Wildman–Crippen LogP) is 1.16. The Kier molecular flexibility index (Phi) is 3.73. The highest BCUT2D eigenvalue weighted by Gasteiger charge is 2.14. The van der Waals surface area contributed by atoms with Gasteiger partial charge in [-0.3, -0.25) is 0 Å². The lowest BCUT2D eigenvalue weighted by atomic mass is 10.2. The molecule has 1 rings (SSSR count). The van der Waals surface area contributed by atoms with E-state index >= 15 is 0 Å². The highest BCUT2D eigenvalue weighted by molar-refractivity contribution is 6.30. The number of rotatable bonds is 4. The van der Waals surface area contributed by atoms with Crippen LogP contribution in [0.1, 0.15) is 0 Å². The van der Waals surface area contributed by atoms with Gasteiger partial charge in [0.25, 0.3) is 0 Å². The number of carbonyl (C=O) groups is 1. The van der Waals surface area contributed by atoms with Crippen molar-refractivity contribution in [1.82, 2.24) is 0 Å². The number of carboxylic acids is 1. The molecular weight excluding hydrogens is 204 g/mol. The molecule has 0 aliphatic rings. The number of nitrogens with one attached hydrogen (secondary N) is 1. The number of nitrogens with two attached hydrogens (primary N) is 1. The van der Waals surface area contributed by atoms with Gasteiger partial charge < -0.3 is 16.2 Å². The van der Waals surface area contributed by atoms with E-state index in [0.29, 0.717) is 10.7 Å². The van der Waals surface area contributed by atoms with Gasteiger partial charge in [0.1, 0.15) is 6.04 Å². The van der Waals surface area contributed by atoms with Gasteiger partial charge in [-0.15, -0.1) is 0 Å². The van der Waals surface area contributed by atoms with Crippen molar-refractivity contribution >= 4 is 23.3 Å². The van der Waals surface area contributed by atoms with E-state index in [0.717, 1.165) is 0 Å². The molecular formula is C9H11ClN2O2. The molecule has 0 saturated heterocycles. The second-order valence-electron chi connectivity index (χ2n) is 2.78. The molecule has 0 heterocycles. The molecule has 0 aliphatic heterocycles. The zero-order chi connectivity index (χ0) is 10.6. The lowest BCUT2D eigenvalue weighted by Gasteiger charge is -2.13. The fourth-order valence-electron chi connectivity index (χ4n) is 1.00. The molecule has 0 bridgehead atoms. The zero-order valence-electron chi connectivity index (χ0n) is 7.40. The number of anilines is 1. The first-order valence-corrected chi connectivity index (χ1v) is 4.46. The maximum absolute atomic E-state index is 10.6. The van der Waals surface area contributed by atoms with Crippen LogP contribution in [0.5, 0.6) is 0 Å². The minimum absolute atomic E-state index is 0.0296. The summed E-state index contributed by atoms with van der Waals surface area (Å²) in [6.07, 6.45) is 0. The summed E-state index contributed by atoms with van der Waals surface area (Å²) in [5.74, 6) is -0.979. The van der Waals surface area contributed by atoms with E-state index in [1.807, 2.05) is 0 Å². The van der Waals surface area contributed by atoms with Crippen LogP contribution in [-0.4, -0.2) is 23.7 Å². The van der Waals surface area contributed by atoms with Crippen LogP contribution in [0.2, 0.25) is 5.02 Å². The Labute approximate surface area is 86.7 Å². The van der Waals surface area contributed by atoms with Crippen LogP contribution in [0, 0.1) is 0 Å². The van der Waals surface area contributed by atoms with E-state index in [4.69, 9.17) is 22.4 Å². The van der Waals surface area contributed by atoms with Crippen LogP contribution >= 0.6 is 11.6 Å². The first-order valence-electron chi connectivity index (χ1n) is 4.08. The van der Waals surface area contributed by atoms with Crippen LogP contribution < -0.4 is 11.1 Å². The Morgan fingerprint density at radius 2 is 2.36 bits per heavy atom. The molecule has 1 aromatic carbocycles. The maximum Gasteiger partial charge on any atom is 0.327 e. The number of carboxylic acid groups (broad SMARTS) is 1. The van der Waals surface area contributed by atoms with Crippen molar-refractivity contribution in [1.29, 1.82) is 0 Å². The molecule has 4 nitrogen and oxygen atoms in total. The third-order valence-corrected chi connectivity index (χ3v) is 1.93. The molecule has 0 radical (unpaired) electrons. The summed E-state index contributed by atoms with van der Waals surface area (Å²) in [5.41, 5.74) is 5.93. The molecule has 1 aromatic rings. The van der Waals surface area contributed by atoms with Gasteiger partial charge in [0, 0.05) is 17.3 Å². The average molecular weight is 215 g/mol. The van der Waals surface area contributed by atoms with Gasteiger partial charge >= 0.3 is 5.97 Å². The Bertz CT molecular complexity index is 330. The second-order valence-corrected chi connectivity index (χ2v) is 3.22. The topological polar surface area (TPSA) is 75.3 Å². The van der Waals surface area contributed by atoms with E-state index < -0.39 is 12.0 Å². The smallest absolute Gasteiger partial charge is 0.327 e. The molecule has 0 spiro atoms. The van der Waals surface area contributed by atoms with Crippen LogP contribution in [0.3, 0.4) is 0 Å². The third-order valence-electron chi connectivity index (χ3n) is 1.70. The normalized spacial score (nSPS) is 12.1. The monoisotopic (exact) mass is 214 g/mol. The van der Waals surface area contributed by atoms with Crippen molar-refractivity contribution in [3.63, 3.8) is 0 Å². The standard InChI is InChI=1S/C9H11ClN2O2/c10-6-2-1-3-7(4-6)12-8(5-11)9(13)14/h1-4,8,12H,5,11H2,(H,13,14). The molecule has 0 amide bonds. The van der Waals surface area contributed by atoms with Crippen molar-refractivity contribution in [3.05, 3.63) is 29.3 Å². The number of benzene rings is 1. The number of hydrogen-bond donors (Lipinski definition) is 3. The largest absolute Gasteiger partial charge is 0.480 e. The fraction of sp³-hybridized carbons (Fsp3) is 0.222. The SMILES string of the molecule is NCC(Nc1cccc(Cl)c1)C(=O)O. The van der Waals surface area contributed by atoms with Crippen LogP contribution in [-0.2, 0) is 4.79 Å². The van der Waals surface area contributed by atoms with Crippen LogP contribution in [0.25, 0.3) is 0 Å². The van der Waals surface area contributed by atoms with Crippen molar-refractivity contribution in [3.8, 4) is 0 Å². The molecule has 5 heteroatoms. The molecule has 1 unspecified atom stereocenters. The van der Waals surface area contributed by atoms with Gasteiger partial charge in [-0.2, -0.15) is 0 Å². The molecule has 0 aromatic heterocycles. The Morgan fingerprint density at radius 1 is 1.64 bits per heavy atom.